The summed E-state index contributed by atoms with van der Waals surface area (Å²) in [4.78, 5) is 33.9. The number of nitrogens with zero attached hydrogens (tertiary/aromatic N) is 5. The summed E-state index contributed by atoms with van der Waals surface area (Å²) in [6.45, 7) is 6.05. The number of hydrogen-bond donors (Lipinski definition) is 0. The maximum absolute atomic E-state index is 13.2. The van der Waals surface area contributed by atoms with Crippen LogP contribution >= 0.6 is 0 Å². The fourth-order valence-electron chi connectivity index (χ4n) is 3.58. The number of halogens is 1. The van der Waals surface area contributed by atoms with Gasteiger partial charge in [-0.1, -0.05) is 12.1 Å². The minimum absolute atomic E-state index is 0.0891. The molecule has 4 rings (SSSR count). The van der Waals surface area contributed by atoms with Crippen molar-refractivity contribution < 1.29 is 13.7 Å². The van der Waals surface area contributed by atoms with Gasteiger partial charge < -0.3 is 9.42 Å². The topological polar surface area (TPSA) is 84.5 Å². The molecule has 0 spiro atoms. The van der Waals surface area contributed by atoms with Crippen LogP contribution in [0.15, 0.2) is 39.9 Å². The van der Waals surface area contributed by atoms with Crippen LogP contribution in [0.25, 0.3) is 22.4 Å². The highest BCUT2D eigenvalue weighted by atomic mass is 19.1. The Labute approximate surface area is 166 Å². The summed E-state index contributed by atoms with van der Waals surface area (Å²) >= 11 is 0. The quantitative estimate of drug-likeness (QED) is 0.650. The summed E-state index contributed by atoms with van der Waals surface area (Å²) in [6, 6.07) is 5.60. The molecule has 8 nitrogen and oxygen atoms in total. The summed E-state index contributed by atoms with van der Waals surface area (Å²) in [6.07, 6.45) is 2.39. The zero-order valence-electron chi connectivity index (χ0n) is 16.2. The Morgan fingerprint density at radius 2 is 1.90 bits per heavy atom. The molecule has 1 amide bonds. The van der Waals surface area contributed by atoms with Crippen molar-refractivity contribution >= 4 is 17.0 Å². The smallest absolute Gasteiger partial charge is 0.267 e. The molecule has 0 unspecified atom stereocenters. The second-order valence-electron chi connectivity index (χ2n) is 7.12. The van der Waals surface area contributed by atoms with Gasteiger partial charge in [-0.25, -0.2) is 9.37 Å². The Kier molecular flexibility index (Phi) is 5.39. The maximum atomic E-state index is 13.2. The van der Waals surface area contributed by atoms with Crippen LogP contribution in [0.4, 0.5) is 4.39 Å². The SMILES string of the molecule is CCCN1CCN(C(=O)Cn2cnc3onc(-c4ccc(F)cc4)c3c2=O)CC1. The number of fused-ring (bicyclic) bond motifs is 1. The first-order valence-electron chi connectivity index (χ1n) is 9.67. The van der Waals surface area contributed by atoms with Gasteiger partial charge in [0.15, 0.2) is 0 Å². The largest absolute Gasteiger partial charge is 0.339 e. The Morgan fingerprint density at radius 1 is 1.17 bits per heavy atom. The van der Waals surface area contributed by atoms with Gasteiger partial charge in [0.25, 0.3) is 11.3 Å². The van der Waals surface area contributed by atoms with Crippen LogP contribution in [0, 0.1) is 5.82 Å². The fraction of sp³-hybridized carbons (Fsp3) is 0.400. The summed E-state index contributed by atoms with van der Waals surface area (Å²) in [5, 5.41) is 4.10. The number of hydrogen-bond acceptors (Lipinski definition) is 6. The van der Waals surface area contributed by atoms with Crippen LogP contribution in [0.3, 0.4) is 0 Å². The van der Waals surface area contributed by atoms with E-state index >= 15 is 0 Å². The van der Waals surface area contributed by atoms with E-state index in [-0.39, 0.29) is 35.1 Å². The van der Waals surface area contributed by atoms with E-state index in [0.717, 1.165) is 26.1 Å². The van der Waals surface area contributed by atoms with Crippen LogP contribution in [-0.2, 0) is 11.3 Å². The average molecular weight is 399 g/mol. The monoisotopic (exact) mass is 399 g/mol. The summed E-state index contributed by atoms with van der Waals surface area (Å²) < 4.78 is 19.6. The van der Waals surface area contributed by atoms with E-state index in [0.29, 0.717) is 18.7 Å². The molecule has 152 valence electrons. The van der Waals surface area contributed by atoms with E-state index in [1.807, 2.05) is 0 Å². The van der Waals surface area contributed by atoms with Crippen LogP contribution in [0.1, 0.15) is 13.3 Å². The van der Waals surface area contributed by atoms with Crippen molar-refractivity contribution in [1.29, 1.82) is 0 Å². The van der Waals surface area contributed by atoms with Gasteiger partial charge in [-0.2, -0.15) is 0 Å². The lowest BCUT2D eigenvalue weighted by Crippen LogP contribution is -2.50. The van der Waals surface area contributed by atoms with Gasteiger partial charge >= 0.3 is 0 Å². The third-order valence-electron chi connectivity index (χ3n) is 5.15. The van der Waals surface area contributed by atoms with Crippen LogP contribution in [-0.4, -0.2) is 63.1 Å². The lowest BCUT2D eigenvalue weighted by atomic mass is 10.1. The molecular formula is C20H22FN5O3. The molecule has 1 saturated heterocycles. The van der Waals surface area contributed by atoms with E-state index in [4.69, 9.17) is 4.52 Å². The molecule has 3 heterocycles. The molecule has 29 heavy (non-hydrogen) atoms. The van der Waals surface area contributed by atoms with Gasteiger partial charge in [0.2, 0.25) is 5.91 Å². The Morgan fingerprint density at radius 3 is 2.59 bits per heavy atom. The number of amides is 1. The summed E-state index contributed by atoms with van der Waals surface area (Å²) in [5.41, 5.74) is 0.507. The van der Waals surface area contributed by atoms with E-state index in [9.17, 15) is 14.0 Å². The number of benzene rings is 1. The standard InChI is InChI=1S/C20H22FN5O3/c1-2-7-24-8-10-25(11-9-24)16(27)12-26-13-22-19-17(20(26)28)18(23-29-19)14-3-5-15(21)6-4-14/h3-6,13H,2,7-12H2,1H3. The summed E-state index contributed by atoms with van der Waals surface area (Å²) in [5.74, 6) is -0.508. The van der Waals surface area contributed by atoms with Gasteiger partial charge in [-0.05, 0) is 37.2 Å². The van der Waals surface area contributed by atoms with E-state index in [1.165, 1.54) is 35.2 Å². The Bertz CT molecular complexity index is 1070. The van der Waals surface area contributed by atoms with Crippen LogP contribution in [0.2, 0.25) is 0 Å². The second kappa shape index (κ2) is 8.12. The average Bonchev–Trinajstić information content (AvgIpc) is 3.16. The van der Waals surface area contributed by atoms with Gasteiger partial charge in [0.1, 0.15) is 29.8 Å². The first-order chi connectivity index (χ1) is 14.1. The minimum atomic E-state index is -0.409. The number of carbonyl (C=O) groups excluding carboxylic acids is 1. The molecule has 2 aromatic heterocycles. The van der Waals surface area contributed by atoms with E-state index < -0.39 is 5.56 Å². The third kappa shape index (κ3) is 3.91. The van der Waals surface area contributed by atoms with Gasteiger partial charge in [0.05, 0.1) is 0 Å². The zero-order valence-corrected chi connectivity index (χ0v) is 16.2. The lowest BCUT2D eigenvalue weighted by Gasteiger charge is -2.34. The van der Waals surface area contributed by atoms with Crippen molar-refractivity contribution in [2.45, 2.75) is 19.9 Å². The molecule has 9 heteroatoms. The number of aromatic nitrogens is 3. The molecule has 1 aliphatic heterocycles. The third-order valence-corrected chi connectivity index (χ3v) is 5.15. The van der Waals surface area contributed by atoms with Crippen molar-refractivity contribution in [2.75, 3.05) is 32.7 Å². The number of piperazine rings is 1. The van der Waals surface area contributed by atoms with E-state index in [2.05, 4.69) is 22.0 Å². The van der Waals surface area contributed by atoms with Gasteiger partial charge in [-0.3, -0.25) is 19.1 Å². The normalized spacial score (nSPS) is 15.2. The molecular weight excluding hydrogens is 377 g/mol. The molecule has 0 radical (unpaired) electrons. The number of carbonyl (C=O) groups is 1. The van der Waals surface area contributed by atoms with Crippen molar-refractivity contribution in [2.24, 2.45) is 0 Å². The molecule has 0 N–H and O–H groups in total. The lowest BCUT2D eigenvalue weighted by molar-refractivity contribution is -0.133. The first kappa shape index (κ1) is 19.3. The minimum Gasteiger partial charge on any atom is -0.339 e. The molecule has 0 aliphatic carbocycles. The molecule has 0 bridgehead atoms. The maximum Gasteiger partial charge on any atom is 0.267 e. The van der Waals surface area contributed by atoms with Crippen molar-refractivity contribution in [1.82, 2.24) is 24.5 Å². The highest BCUT2D eigenvalue weighted by molar-refractivity contribution is 5.88. The van der Waals surface area contributed by atoms with Crippen LogP contribution in [0.5, 0.6) is 0 Å². The van der Waals surface area contributed by atoms with Crippen LogP contribution < -0.4 is 5.56 Å². The predicted octanol–water partition coefficient (Wildman–Crippen LogP) is 1.74. The van der Waals surface area contributed by atoms with Crippen molar-refractivity contribution in [3.63, 3.8) is 0 Å². The van der Waals surface area contributed by atoms with Crippen molar-refractivity contribution in [3.05, 3.63) is 46.8 Å². The molecule has 1 aliphatic rings. The second-order valence-corrected chi connectivity index (χ2v) is 7.12. The van der Waals surface area contributed by atoms with E-state index in [1.54, 1.807) is 4.90 Å². The molecule has 3 aromatic rings. The highest BCUT2D eigenvalue weighted by Gasteiger charge is 2.23. The fourth-order valence-corrected chi connectivity index (χ4v) is 3.58. The molecule has 0 saturated carbocycles. The predicted molar refractivity (Wildman–Crippen MR) is 105 cm³/mol. The molecule has 1 fully saturated rings. The van der Waals surface area contributed by atoms with Gasteiger partial charge in [0, 0.05) is 31.7 Å². The first-order valence-corrected chi connectivity index (χ1v) is 9.67. The Hall–Kier alpha value is -3.07. The van der Waals surface area contributed by atoms with Crippen molar-refractivity contribution in [3.8, 4) is 11.3 Å². The number of rotatable bonds is 5. The molecule has 0 atom stereocenters. The Balaban J connectivity index is 1.56. The van der Waals surface area contributed by atoms with Gasteiger partial charge in [-0.15, -0.1) is 0 Å². The molecule has 1 aromatic carbocycles. The highest BCUT2D eigenvalue weighted by Crippen LogP contribution is 2.24. The summed E-state index contributed by atoms with van der Waals surface area (Å²) in [7, 11) is 0. The zero-order chi connectivity index (χ0) is 20.4.